The predicted octanol–water partition coefficient (Wildman–Crippen LogP) is 1.13. The number of carbonyl (C=O) groups is 1. The monoisotopic (exact) mass is 326 g/mol. The van der Waals surface area contributed by atoms with Crippen molar-refractivity contribution in [3.05, 3.63) is 57.0 Å². The molecular formula is C18H22N4O2. The number of aromatic amines is 1. The van der Waals surface area contributed by atoms with Gasteiger partial charge in [-0.1, -0.05) is 12.1 Å². The van der Waals surface area contributed by atoms with Gasteiger partial charge in [-0.25, -0.2) is 5.10 Å². The lowest BCUT2D eigenvalue weighted by atomic mass is 9.91. The lowest BCUT2D eigenvalue weighted by Gasteiger charge is -2.17. The highest BCUT2D eigenvalue weighted by molar-refractivity contribution is 5.78. The van der Waals surface area contributed by atoms with Gasteiger partial charge in [0.05, 0.1) is 12.1 Å². The molecule has 0 unspecified atom stereocenters. The summed E-state index contributed by atoms with van der Waals surface area (Å²) in [5, 5.41) is 9.53. The van der Waals surface area contributed by atoms with E-state index < -0.39 is 0 Å². The third kappa shape index (κ3) is 3.82. The zero-order valence-corrected chi connectivity index (χ0v) is 13.6. The van der Waals surface area contributed by atoms with Gasteiger partial charge in [0, 0.05) is 17.8 Å². The van der Waals surface area contributed by atoms with Gasteiger partial charge in [0.25, 0.3) is 5.56 Å². The van der Waals surface area contributed by atoms with Crippen LogP contribution in [0, 0.1) is 0 Å². The zero-order valence-electron chi connectivity index (χ0n) is 13.6. The molecule has 0 fully saturated rings. The van der Waals surface area contributed by atoms with Crippen LogP contribution in [0.3, 0.4) is 0 Å². The van der Waals surface area contributed by atoms with Crippen molar-refractivity contribution >= 4 is 11.6 Å². The quantitative estimate of drug-likeness (QED) is 0.717. The van der Waals surface area contributed by atoms with E-state index in [1.807, 2.05) is 24.3 Å². The molecule has 1 aromatic heterocycles. The second-order valence-electron chi connectivity index (χ2n) is 6.18. The summed E-state index contributed by atoms with van der Waals surface area (Å²) in [6.07, 6.45) is 4.64. The first-order chi connectivity index (χ1) is 11.6. The van der Waals surface area contributed by atoms with Crippen molar-refractivity contribution in [3.63, 3.8) is 0 Å². The molecule has 24 heavy (non-hydrogen) atoms. The molecule has 0 aliphatic heterocycles. The van der Waals surface area contributed by atoms with Crippen molar-refractivity contribution in [2.75, 3.05) is 12.3 Å². The Balaban J connectivity index is 1.57. The number of amides is 1. The van der Waals surface area contributed by atoms with Crippen molar-refractivity contribution in [2.45, 2.75) is 38.5 Å². The average Bonchev–Trinajstić information content (AvgIpc) is 2.59. The number of fused-ring (bicyclic) bond motifs is 1. The summed E-state index contributed by atoms with van der Waals surface area (Å²) < 4.78 is 0. The normalized spacial score (nSPS) is 13.3. The lowest BCUT2D eigenvalue weighted by molar-refractivity contribution is -0.120. The molecule has 0 bridgehead atoms. The van der Waals surface area contributed by atoms with Crippen LogP contribution in [0.4, 0.5) is 5.69 Å². The van der Waals surface area contributed by atoms with E-state index >= 15 is 0 Å². The number of rotatable bonds is 5. The van der Waals surface area contributed by atoms with Gasteiger partial charge >= 0.3 is 0 Å². The highest BCUT2D eigenvalue weighted by Crippen LogP contribution is 2.20. The number of hydrogen-bond acceptors (Lipinski definition) is 4. The lowest BCUT2D eigenvalue weighted by Crippen LogP contribution is -2.30. The standard InChI is InChI=1S/C18H22N4O2/c19-13-7-5-12(6-8-13)9-10-20-17(23)11-16-14-3-1-2-4-15(14)18(24)22-21-16/h5-8H,1-4,9-11,19H2,(H,20,23)(H,22,24). The van der Waals surface area contributed by atoms with E-state index in [2.05, 4.69) is 15.5 Å². The summed E-state index contributed by atoms with van der Waals surface area (Å²) in [5.41, 5.74) is 9.88. The van der Waals surface area contributed by atoms with Crippen LogP contribution in [-0.2, 0) is 30.5 Å². The second-order valence-corrected chi connectivity index (χ2v) is 6.18. The van der Waals surface area contributed by atoms with Gasteiger partial charge in [0.15, 0.2) is 0 Å². The fourth-order valence-corrected chi connectivity index (χ4v) is 3.12. The second kappa shape index (κ2) is 7.29. The number of carbonyl (C=O) groups excluding carboxylic acids is 1. The molecule has 0 radical (unpaired) electrons. The van der Waals surface area contributed by atoms with Crippen LogP contribution in [0.15, 0.2) is 29.1 Å². The molecule has 2 aromatic rings. The molecule has 126 valence electrons. The molecule has 1 aliphatic rings. The zero-order chi connectivity index (χ0) is 16.9. The minimum Gasteiger partial charge on any atom is -0.399 e. The first kappa shape index (κ1) is 16.2. The molecule has 1 aliphatic carbocycles. The Bertz CT molecular complexity index is 781. The van der Waals surface area contributed by atoms with Crippen LogP contribution >= 0.6 is 0 Å². The van der Waals surface area contributed by atoms with Crippen LogP contribution in [0.2, 0.25) is 0 Å². The summed E-state index contributed by atoms with van der Waals surface area (Å²) in [6, 6.07) is 7.63. The van der Waals surface area contributed by atoms with E-state index in [1.54, 1.807) is 0 Å². The first-order valence-corrected chi connectivity index (χ1v) is 8.34. The maximum atomic E-state index is 12.2. The Kier molecular flexibility index (Phi) is 4.93. The topological polar surface area (TPSA) is 101 Å². The Morgan fingerprint density at radius 1 is 1.17 bits per heavy atom. The summed E-state index contributed by atoms with van der Waals surface area (Å²) in [7, 11) is 0. The number of aromatic nitrogens is 2. The van der Waals surface area contributed by atoms with Crippen LogP contribution in [0.1, 0.15) is 35.2 Å². The number of hydrogen-bond donors (Lipinski definition) is 3. The van der Waals surface area contributed by atoms with Crippen molar-refractivity contribution in [2.24, 2.45) is 0 Å². The van der Waals surface area contributed by atoms with Gasteiger partial charge in [0.2, 0.25) is 5.91 Å². The van der Waals surface area contributed by atoms with Crippen LogP contribution in [0.5, 0.6) is 0 Å². The minimum absolute atomic E-state index is 0.0715. The number of anilines is 1. The molecule has 6 nitrogen and oxygen atoms in total. The maximum absolute atomic E-state index is 12.2. The molecule has 1 amide bonds. The van der Waals surface area contributed by atoms with Crippen molar-refractivity contribution < 1.29 is 4.79 Å². The summed E-state index contributed by atoms with van der Waals surface area (Å²) >= 11 is 0. The van der Waals surface area contributed by atoms with E-state index in [4.69, 9.17) is 5.73 Å². The smallest absolute Gasteiger partial charge is 0.267 e. The van der Waals surface area contributed by atoms with Gasteiger partial charge in [-0.3, -0.25) is 9.59 Å². The molecule has 1 heterocycles. The molecule has 6 heteroatoms. The van der Waals surface area contributed by atoms with Crippen LogP contribution < -0.4 is 16.6 Å². The highest BCUT2D eigenvalue weighted by Gasteiger charge is 2.19. The van der Waals surface area contributed by atoms with E-state index in [9.17, 15) is 9.59 Å². The molecular weight excluding hydrogens is 304 g/mol. The molecule has 0 saturated carbocycles. The van der Waals surface area contributed by atoms with E-state index in [0.29, 0.717) is 12.2 Å². The highest BCUT2D eigenvalue weighted by atomic mass is 16.1. The number of benzene rings is 1. The molecule has 1 aromatic carbocycles. The number of nitrogens with two attached hydrogens (primary N) is 1. The third-order valence-corrected chi connectivity index (χ3v) is 4.43. The summed E-state index contributed by atoms with van der Waals surface area (Å²) in [6.45, 7) is 0.564. The Hall–Kier alpha value is -2.63. The van der Waals surface area contributed by atoms with Gasteiger partial charge in [0.1, 0.15) is 0 Å². The van der Waals surface area contributed by atoms with E-state index in [1.165, 1.54) is 0 Å². The molecule has 0 atom stereocenters. The van der Waals surface area contributed by atoms with Gasteiger partial charge in [-0.05, 0) is 55.4 Å². The largest absolute Gasteiger partial charge is 0.399 e. The third-order valence-electron chi connectivity index (χ3n) is 4.43. The first-order valence-electron chi connectivity index (χ1n) is 8.34. The van der Waals surface area contributed by atoms with E-state index in [0.717, 1.165) is 54.5 Å². The van der Waals surface area contributed by atoms with Crippen molar-refractivity contribution in [1.82, 2.24) is 15.5 Å². The fourth-order valence-electron chi connectivity index (χ4n) is 3.12. The molecule has 3 rings (SSSR count). The fraction of sp³-hybridized carbons (Fsp3) is 0.389. The SMILES string of the molecule is Nc1ccc(CCNC(=O)Cc2n[nH]c(=O)c3c2CCCC3)cc1. The number of H-pyrrole nitrogens is 1. The predicted molar refractivity (Wildman–Crippen MR) is 92.8 cm³/mol. The van der Waals surface area contributed by atoms with Crippen molar-refractivity contribution in [3.8, 4) is 0 Å². The molecule has 0 spiro atoms. The van der Waals surface area contributed by atoms with E-state index in [-0.39, 0.29) is 17.9 Å². The van der Waals surface area contributed by atoms with Gasteiger partial charge in [-0.15, -0.1) is 0 Å². The summed E-state index contributed by atoms with van der Waals surface area (Å²) in [5.74, 6) is -0.0715. The Labute approximate surface area is 140 Å². The Morgan fingerprint density at radius 3 is 2.62 bits per heavy atom. The average molecular weight is 326 g/mol. The van der Waals surface area contributed by atoms with Gasteiger partial charge < -0.3 is 11.1 Å². The minimum atomic E-state index is -0.114. The molecule has 4 N–H and O–H groups in total. The van der Waals surface area contributed by atoms with Crippen LogP contribution in [0.25, 0.3) is 0 Å². The van der Waals surface area contributed by atoms with Crippen LogP contribution in [-0.4, -0.2) is 22.6 Å². The number of nitrogens with zero attached hydrogens (tertiary/aromatic N) is 1. The summed E-state index contributed by atoms with van der Waals surface area (Å²) in [4.78, 5) is 24.0. The van der Waals surface area contributed by atoms with Crippen molar-refractivity contribution in [1.29, 1.82) is 0 Å². The number of nitrogens with one attached hydrogen (secondary N) is 2. The van der Waals surface area contributed by atoms with Gasteiger partial charge in [-0.2, -0.15) is 5.10 Å². The molecule has 0 saturated heterocycles. The Morgan fingerprint density at radius 2 is 1.88 bits per heavy atom. The maximum Gasteiger partial charge on any atom is 0.267 e. The number of nitrogen functional groups attached to an aromatic ring is 1.